The van der Waals surface area contributed by atoms with Crippen LogP contribution in [-0.2, 0) is 17.8 Å². The molecule has 24 heavy (non-hydrogen) atoms. The molecule has 0 spiro atoms. The molecule has 0 atom stereocenters. The van der Waals surface area contributed by atoms with E-state index >= 15 is 0 Å². The van der Waals surface area contributed by atoms with Crippen molar-refractivity contribution in [1.82, 2.24) is 0 Å². The Balaban J connectivity index is 1.89. The topological polar surface area (TPSA) is 46.3 Å². The fourth-order valence-electron chi connectivity index (χ4n) is 3.33. The number of benzene rings is 3. The molecule has 3 nitrogen and oxygen atoms in total. The molecule has 1 heterocycles. The van der Waals surface area contributed by atoms with E-state index in [2.05, 4.69) is 0 Å². The van der Waals surface area contributed by atoms with Gasteiger partial charge in [-0.25, -0.2) is 0 Å². The highest BCUT2D eigenvalue weighted by Gasteiger charge is 2.26. The zero-order valence-electron chi connectivity index (χ0n) is 13.3. The fourth-order valence-corrected chi connectivity index (χ4v) is 3.33. The number of nitrogen functional groups attached to an aromatic ring is 1. The molecule has 0 unspecified atom stereocenters. The molecule has 3 heteroatoms. The van der Waals surface area contributed by atoms with Crippen LogP contribution in [-0.4, -0.2) is 5.91 Å². The summed E-state index contributed by atoms with van der Waals surface area (Å²) in [6.07, 6.45) is 0.386. The quantitative estimate of drug-likeness (QED) is 0.726. The van der Waals surface area contributed by atoms with E-state index in [0.717, 1.165) is 27.9 Å². The van der Waals surface area contributed by atoms with Crippen molar-refractivity contribution in [3.63, 3.8) is 0 Å². The van der Waals surface area contributed by atoms with Gasteiger partial charge in [0.15, 0.2) is 0 Å². The third kappa shape index (κ3) is 2.44. The monoisotopic (exact) mass is 314 g/mol. The van der Waals surface area contributed by atoms with Crippen LogP contribution in [0.15, 0.2) is 72.8 Å². The van der Waals surface area contributed by atoms with E-state index in [9.17, 15) is 4.79 Å². The molecule has 4 rings (SSSR count). The zero-order chi connectivity index (χ0) is 16.5. The van der Waals surface area contributed by atoms with Crippen molar-refractivity contribution in [2.75, 3.05) is 10.6 Å². The van der Waals surface area contributed by atoms with Crippen LogP contribution in [0.4, 0.5) is 11.4 Å². The first-order valence-electron chi connectivity index (χ1n) is 8.05. The third-order valence-corrected chi connectivity index (χ3v) is 4.48. The number of hydrogen-bond donors (Lipinski definition) is 1. The Morgan fingerprint density at radius 2 is 1.62 bits per heavy atom. The Kier molecular flexibility index (Phi) is 3.54. The first kappa shape index (κ1) is 14.5. The van der Waals surface area contributed by atoms with Gasteiger partial charge in [-0.3, -0.25) is 4.79 Å². The number of fused-ring (bicyclic) bond motifs is 3. The Morgan fingerprint density at radius 3 is 2.46 bits per heavy atom. The number of nitrogens with zero attached hydrogens (tertiary/aromatic N) is 1. The summed E-state index contributed by atoms with van der Waals surface area (Å²) < 4.78 is 0. The van der Waals surface area contributed by atoms with Gasteiger partial charge in [0.2, 0.25) is 5.91 Å². The second-order valence-electron chi connectivity index (χ2n) is 6.04. The second-order valence-corrected chi connectivity index (χ2v) is 6.04. The van der Waals surface area contributed by atoms with Gasteiger partial charge in [-0.15, -0.1) is 0 Å². The molecule has 0 saturated carbocycles. The highest BCUT2D eigenvalue weighted by atomic mass is 16.2. The van der Waals surface area contributed by atoms with Gasteiger partial charge in [0.1, 0.15) is 0 Å². The Hall–Kier alpha value is -3.07. The smallest absolute Gasteiger partial charge is 0.231 e. The summed E-state index contributed by atoms with van der Waals surface area (Å²) >= 11 is 0. The van der Waals surface area contributed by atoms with Crippen LogP contribution in [0.2, 0.25) is 0 Å². The van der Waals surface area contributed by atoms with Crippen LogP contribution >= 0.6 is 0 Å². The van der Waals surface area contributed by atoms with Crippen molar-refractivity contribution in [3.05, 3.63) is 83.9 Å². The average Bonchev–Trinajstić information content (AvgIpc) is 2.72. The fraction of sp³-hybridized carbons (Fsp3) is 0.0952. The van der Waals surface area contributed by atoms with Gasteiger partial charge < -0.3 is 10.6 Å². The molecular weight excluding hydrogens is 296 g/mol. The Bertz CT molecular complexity index is 903. The van der Waals surface area contributed by atoms with Crippen LogP contribution in [0.1, 0.15) is 11.1 Å². The number of carbonyl (C=O) groups excluding carboxylic acids is 1. The van der Waals surface area contributed by atoms with Gasteiger partial charge in [-0.2, -0.15) is 0 Å². The Labute approximate surface area is 141 Å². The van der Waals surface area contributed by atoms with Crippen LogP contribution in [0.25, 0.3) is 11.1 Å². The molecule has 118 valence electrons. The maximum atomic E-state index is 12.9. The molecule has 0 aromatic heterocycles. The summed E-state index contributed by atoms with van der Waals surface area (Å²) in [5.41, 5.74) is 12.0. The summed E-state index contributed by atoms with van der Waals surface area (Å²) in [6.45, 7) is 0.546. The number of rotatable bonds is 2. The zero-order valence-corrected chi connectivity index (χ0v) is 13.3. The highest BCUT2D eigenvalue weighted by Crippen LogP contribution is 2.41. The Morgan fingerprint density at radius 1 is 0.875 bits per heavy atom. The lowest BCUT2D eigenvalue weighted by Crippen LogP contribution is -2.31. The standard InChI is InChI=1S/C21H18N2O/c22-18-11-6-12-19-21(18)17-10-5-4-9-16(17)13-20(24)23(19)14-15-7-2-1-3-8-15/h1-12H,13-14,22H2. The van der Waals surface area contributed by atoms with E-state index in [0.29, 0.717) is 18.7 Å². The third-order valence-electron chi connectivity index (χ3n) is 4.48. The summed E-state index contributed by atoms with van der Waals surface area (Å²) in [5.74, 6) is 0.0932. The molecule has 0 aliphatic carbocycles. The van der Waals surface area contributed by atoms with Crippen molar-refractivity contribution in [1.29, 1.82) is 0 Å². The van der Waals surface area contributed by atoms with E-state index in [1.807, 2.05) is 77.7 Å². The normalized spacial score (nSPS) is 13.2. The molecular formula is C21H18N2O. The van der Waals surface area contributed by atoms with Crippen molar-refractivity contribution < 1.29 is 4.79 Å². The van der Waals surface area contributed by atoms with Crippen LogP contribution < -0.4 is 10.6 Å². The first-order valence-corrected chi connectivity index (χ1v) is 8.05. The number of anilines is 2. The molecule has 0 bridgehead atoms. The van der Waals surface area contributed by atoms with E-state index in [1.54, 1.807) is 0 Å². The molecule has 3 aromatic carbocycles. The highest BCUT2D eigenvalue weighted by molar-refractivity contribution is 6.05. The number of nitrogens with two attached hydrogens (primary N) is 1. The predicted molar refractivity (Wildman–Crippen MR) is 97.6 cm³/mol. The van der Waals surface area contributed by atoms with Crippen molar-refractivity contribution in [2.24, 2.45) is 0 Å². The van der Waals surface area contributed by atoms with Crippen molar-refractivity contribution >= 4 is 17.3 Å². The minimum atomic E-state index is 0.0932. The van der Waals surface area contributed by atoms with Crippen molar-refractivity contribution in [3.8, 4) is 11.1 Å². The first-order chi connectivity index (χ1) is 11.7. The van der Waals surface area contributed by atoms with E-state index in [4.69, 9.17) is 5.73 Å². The van der Waals surface area contributed by atoms with Gasteiger partial charge in [0, 0.05) is 11.3 Å². The van der Waals surface area contributed by atoms with Crippen LogP contribution in [0.3, 0.4) is 0 Å². The molecule has 0 radical (unpaired) electrons. The lowest BCUT2D eigenvalue weighted by Gasteiger charge is -2.24. The predicted octanol–water partition coefficient (Wildman–Crippen LogP) is 4.03. The average molecular weight is 314 g/mol. The van der Waals surface area contributed by atoms with Gasteiger partial charge in [0.05, 0.1) is 18.7 Å². The van der Waals surface area contributed by atoms with Gasteiger partial charge >= 0.3 is 0 Å². The molecule has 2 N–H and O–H groups in total. The molecule has 1 aliphatic rings. The molecule has 1 aliphatic heterocycles. The van der Waals surface area contributed by atoms with Gasteiger partial charge in [0.25, 0.3) is 0 Å². The second kappa shape index (κ2) is 5.85. The minimum Gasteiger partial charge on any atom is -0.398 e. The molecule has 0 fully saturated rings. The van der Waals surface area contributed by atoms with E-state index in [1.165, 1.54) is 0 Å². The molecule has 3 aromatic rings. The summed E-state index contributed by atoms with van der Waals surface area (Å²) in [7, 11) is 0. The number of amides is 1. The van der Waals surface area contributed by atoms with Gasteiger partial charge in [-0.1, -0.05) is 60.7 Å². The molecule has 1 amide bonds. The molecule has 0 saturated heterocycles. The van der Waals surface area contributed by atoms with Gasteiger partial charge in [-0.05, 0) is 28.8 Å². The lowest BCUT2D eigenvalue weighted by atomic mass is 9.96. The van der Waals surface area contributed by atoms with E-state index in [-0.39, 0.29) is 5.91 Å². The largest absolute Gasteiger partial charge is 0.398 e. The minimum absolute atomic E-state index is 0.0932. The van der Waals surface area contributed by atoms with Crippen LogP contribution in [0, 0.1) is 0 Å². The summed E-state index contributed by atoms with van der Waals surface area (Å²) in [6, 6.07) is 23.8. The summed E-state index contributed by atoms with van der Waals surface area (Å²) in [5, 5.41) is 0. The maximum absolute atomic E-state index is 12.9. The van der Waals surface area contributed by atoms with E-state index < -0.39 is 0 Å². The number of carbonyl (C=O) groups is 1. The maximum Gasteiger partial charge on any atom is 0.231 e. The SMILES string of the molecule is Nc1cccc2c1-c1ccccc1CC(=O)N2Cc1ccccc1. The summed E-state index contributed by atoms with van der Waals surface area (Å²) in [4.78, 5) is 14.8. The van der Waals surface area contributed by atoms with Crippen molar-refractivity contribution in [2.45, 2.75) is 13.0 Å². The lowest BCUT2D eigenvalue weighted by molar-refractivity contribution is -0.118. The van der Waals surface area contributed by atoms with Crippen LogP contribution in [0.5, 0.6) is 0 Å². The number of hydrogen-bond acceptors (Lipinski definition) is 2.